The van der Waals surface area contributed by atoms with Crippen molar-refractivity contribution in [2.45, 2.75) is 6.42 Å². The zero-order valence-corrected chi connectivity index (χ0v) is 13.8. The quantitative estimate of drug-likeness (QED) is 0.770. The number of carboxylic acids is 1. The van der Waals surface area contributed by atoms with Gasteiger partial charge in [0, 0.05) is 24.8 Å². The number of anilines is 1. The normalized spacial score (nSPS) is 10.8. The van der Waals surface area contributed by atoms with Crippen molar-refractivity contribution in [3.05, 3.63) is 58.5 Å². The Labute approximate surface area is 146 Å². The maximum atomic E-state index is 14.0. The van der Waals surface area contributed by atoms with Gasteiger partial charge in [0.15, 0.2) is 5.69 Å². The molecule has 0 atom stereocenters. The van der Waals surface area contributed by atoms with Crippen LogP contribution in [0.25, 0.3) is 10.9 Å². The predicted molar refractivity (Wildman–Crippen MR) is 88.8 cm³/mol. The van der Waals surface area contributed by atoms with Gasteiger partial charge >= 0.3 is 0 Å². The zero-order chi connectivity index (χ0) is 18.1. The molecule has 0 saturated heterocycles. The number of halogens is 2. The third-order valence-corrected chi connectivity index (χ3v) is 4.00. The minimum Gasteiger partial charge on any atom is -0.550 e. The molecule has 0 spiro atoms. The van der Waals surface area contributed by atoms with Crippen LogP contribution in [0.3, 0.4) is 0 Å². The number of carbonyl (C=O) groups is 2. The highest BCUT2D eigenvalue weighted by molar-refractivity contribution is 6.34. The van der Waals surface area contributed by atoms with E-state index in [0.717, 1.165) is 17.6 Å². The van der Waals surface area contributed by atoms with Gasteiger partial charge in [-0.25, -0.2) is 4.39 Å². The van der Waals surface area contributed by atoms with E-state index in [1.165, 1.54) is 0 Å². The van der Waals surface area contributed by atoms with Crippen molar-refractivity contribution in [2.24, 2.45) is 7.05 Å². The van der Waals surface area contributed by atoms with Crippen LogP contribution in [0.5, 0.6) is 0 Å². The summed E-state index contributed by atoms with van der Waals surface area (Å²) < 4.78 is 15.5. The van der Waals surface area contributed by atoms with Gasteiger partial charge in [-0.15, -0.1) is 0 Å². The van der Waals surface area contributed by atoms with Crippen LogP contribution < -0.4 is 10.4 Å². The number of hydrogen-bond donors (Lipinski definition) is 1. The van der Waals surface area contributed by atoms with Crippen molar-refractivity contribution >= 4 is 40.1 Å². The van der Waals surface area contributed by atoms with Crippen molar-refractivity contribution in [2.75, 3.05) is 5.32 Å². The van der Waals surface area contributed by atoms with Crippen LogP contribution in [-0.4, -0.2) is 21.7 Å². The van der Waals surface area contributed by atoms with Crippen molar-refractivity contribution in [1.29, 1.82) is 0 Å². The smallest absolute Gasteiger partial charge is 0.276 e. The third-order valence-electron chi connectivity index (χ3n) is 3.69. The Kier molecular flexibility index (Phi) is 4.41. The van der Waals surface area contributed by atoms with E-state index in [4.69, 9.17) is 11.6 Å². The summed E-state index contributed by atoms with van der Waals surface area (Å²) >= 11 is 6.02. The minimum absolute atomic E-state index is 0.0197. The number of carboxylic acid groups (broad SMARTS) is 1. The van der Waals surface area contributed by atoms with Gasteiger partial charge in [-0.1, -0.05) is 29.8 Å². The summed E-state index contributed by atoms with van der Waals surface area (Å²) in [6.07, 6.45) is -0.606. The summed E-state index contributed by atoms with van der Waals surface area (Å²) in [7, 11) is 1.71. The van der Waals surface area contributed by atoms with E-state index < -0.39 is 24.1 Å². The monoisotopic (exact) mass is 360 g/mol. The predicted octanol–water partition coefficient (Wildman–Crippen LogP) is 1.91. The van der Waals surface area contributed by atoms with E-state index in [2.05, 4.69) is 10.4 Å². The van der Waals surface area contributed by atoms with Crippen LogP contribution in [-0.2, 0) is 18.3 Å². The first kappa shape index (κ1) is 16.9. The second-order valence-electron chi connectivity index (χ2n) is 5.42. The van der Waals surface area contributed by atoms with Crippen molar-refractivity contribution in [3.63, 3.8) is 0 Å². The van der Waals surface area contributed by atoms with E-state index in [0.29, 0.717) is 5.39 Å². The topological polar surface area (TPSA) is 87.0 Å². The van der Waals surface area contributed by atoms with E-state index in [1.807, 2.05) is 12.1 Å². The lowest BCUT2D eigenvalue weighted by atomic mass is 10.1. The van der Waals surface area contributed by atoms with Gasteiger partial charge in [-0.05, 0) is 23.8 Å². The average molecular weight is 361 g/mol. The zero-order valence-electron chi connectivity index (χ0n) is 13.0. The number of nitrogens with zero attached hydrogens (tertiary/aromatic N) is 2. The van der Waals surface area contributed by atoms with Gasteiger partial charge in [-0.2, -0.15) is 5.10 Å². The molecule has 0 aliphatic carbocycles. The molecule has 6 nitrogen and oxygen atoms in total. The minimum atomic E-state index is -1.42. The Balaban J connectivity index is 1.93. The molecule has 2 aromatic carbocycles. The van der Waals surface area contributed by atoms with E-state index in [1.54, 1.807) is 23.9 Å². The molecule has 25 heavy (non-hydrogen) atoms. The molecule has 1 aromatic heterocycles. The number of aromatic nitrogens is 2. The number of hydrogen-bond acceptors (Lipinski definition) is 4. The maximum Gasteiger partial charge on any atom is 0.276 e. The van der Waals surface area contributed by atoms with Crippen LogP contribution in [0, 0.1) is 5.82 Å². The highest BCUT2D eigenvalue weighted by Crippen LogP contribution is 2.27. The number of carbonyl (C=O) groups excluding carboxylic acids is 2. The molecule has 3 rings (SSSR count). The summed E-state index contributed by atoms with van der Waals surface area (Å²) in [5.41, 5.74) is 0.856. The van der Waals surface area contributed by atoms with Crippen LogP contribution in [0.15, 0.2) is 36.4 Å². The molecule has 0 radical (unpaired) electrons. The molecular weight excluding hydrogens is 349 g/mol. The largest absolute Gasteiger partial charge is 0.550 e. The van der Waals surface area contributed by atoms with Crippen LogP contribution >= 0.6 is 11.6 Å². The molecule has 0 bridgehead atoms. The second kappa shape index (κ2) is 6.52. The lowest BCUT2D eigenvalue weighted by Gasteiger charge is -2.10. The number of amides is 1. The Hall–Kier alpha value is -2.93. The fraction of sp³-hybridized carbons (Fsp3) is 0.118. The van der Waals surface area contributed by atoms with Gasteiger partial charge in [0.1, 0.15) is 5.82 Å². The number of aryl methyl sites for hydroxylation is 1. The Morgan fingerprint density at radius 2 is 2.04 bits per heavy atom. The number of benzene rings is 2. The number of aliphatic carboxylic acids is 1. The molecule has 1 N–H and O–H groups in total. The Morgan fingerprint density at radius 1 is 1.32 bits per heavy atom. The summed E-state index contributed by atoms with van der Waals surface area (Å²) in [5, 5.41) is 18.0. The highest BCUT2D eigenvalue weighted by atomic mass is 35.5. The van der Waals surface area contributed by atoms with Gasteiger partial charge < -0.3 is 15.2 Å². The van der Waals surface area contributed by atoms with Gasteiger partial charge in [0.25, 0.3) is 5.91 Å². The molecule has 1 amide bonds. The molecule has 0 saturated carbocycles. The molecular formula is C17H12ClFN3O3-. The summed E-state index contributed by atoms with van der Waals surface area (Å²) in [6.45, 7) is 0. The Morgan fingerprint density at radius 3 is 2.76 bits per heavy atom. The van der Waals surface area contributed by atoms with Crippen LogP contribution in [0.2, 0.25) is 5.02 Å². The lowest BCUT2D eigenvalue weighted by molar-refractivity contribution is -0.304. The standard InChI is InChI=1S/C17H13ClFN3O3/c1-22-14-5-3-2-4-10(14)16(21-22)17(25)20-13-8-12(19)9(6-11(13)18)7-15(23)24/h2-6,8H,7H2,1H3,(H,20,25)(H,23,24)/p-1. The molecule has 3 aromatic rings. The summed E-state index contributed by atoms with van der Waals surface area (Å²) in [4.78, 5) is 23.1. The fourth-order valence-corrected chi connectivity index (χ4v) is 2.77. The van der Waals surface area contributed by atoms with Gasteiger partial charge in [0.05, 0.1) is 16.2 Å². The molecule has 8 heteroatoms. The first-order chi connectivity index (χ1) is 11.9. The fourth-order valence-electron chi connectivity index (χ4n) is 2.54. The maximum absolute atomic E-state index is 14.0. The van der Waals surface area contributed by atoms with Gasteiger partial charge in [-0.3, -0.25) is 9.48 Å². The molecule has 0 fully saturated rings. The molecule has 0 aliphatic heterocycles. The number of nitrogens with one attached hydrogen (secondary N) is 1. The third kappa shape index (κ3) is 3.32. The number of fused-ring (bicyclic) bond motifs is 1. The molecule has 0 aliphatic rings. The van der Waals surface area contributed by atoms with Crippen molar-refractivity contribution in [3.8, 4) is 0 Å². The molecule has 1 heterocycles. The summed E-state index contributed by atoms with van der Waals surface area (Å²) in [6, 6.07) is 9.31. The van der Waals surface area contributed by atoms with Crippen LogP contribution in [0.1, 0.15) is 16.1 Å². The first-order valence-electron chi connectivity index (χ1n) is 7.27. The first-order valence-corrected chi connectivity index (χ1v) is 7.65. The molecule has 128 valence electrons. The number of rotatable bonds is 4. The van der Waals surface area contributed by atoms with Gasteiger partial charge in [0.2, 0.25) is 0 Å². The highest BCUT2D eigenvalue weighted by Gasteiger charge is 2.18. The average Bonchev–Trinajstić information content (AvgIpc) is 2.89. The second-order valence-corrected chi connectivity index (χ2v) is 5.82. The molecule has 0 unspecified atom stereocenters. The van der Waals surface area contributed by atoms with Crippen molar-refractivity contribution < 1.29 is 19.1 Å². The van der Waals surface area contributed by atoms with E-state index in [9.17, 15) is 19.1 Å². The Bertz CT molecular complexity index is 1000. The summed E-state index contributed by atoms with van der Waals surface area (Å²) in [5.74, 6) is -2.77. The van der Waals surface area contributed by atoms with E-state index in [-0.39, 0.29) is 22.0 Å². The SMILES string of the molecule is Cn1nc(C(=O)Nc2cc(F)c(CC(=O)[O-])cc2Cl)c2ccccc21. The van der Waals surface area contributed by atoms with Crippen LogP contribution in [0.4, 0.5) is 10.1 Å². The van der Waals surface area contributed by atoms with Crippen molar-refractivity contribution in [1.82, 2.24) is 9.78 Å². The van der Waals surface area contributed by atoms with E-state index >= 15 is 0 Å². The lowest BCUT2D eigenvalue weighted by Crippen LogP contribution is -2.25. The number of para-hydroxylation sites is 1.